The number of nitrogens with zero attached hydrogens (tertiary/aromatic N) is 3. The average Bonchev–Trinajstić information content (AvgIpc) is 2.56. The highest BCUT2D eigenvalue weighted by Gasteiger charge is 2.23. The number of hydrogen-bond donors (Lipinski definition) is 3. The molecule has 0 bridgehead atoms. The van der Waals surface area contributed by atoms with Crippen LogP contribution in [0.5, 0.6) is 5.75 Å². The van der Waals surface area contributed by atoms with E-state index >= 15 is 0 Å². The fourth-order valence-electron chi connectivity index (χ4n) is 2.13. The maximum atomic E-state index is 13.3. The van der Waals surface area contributed by atoms with Crippen LogP contribution in [-0.2, 0) is 0 Å². The van der Waals surface area contributed by atoms with Crippen LogP contribution < -0.4 is 15.9 Å². The van der Waals surface area contributed by atoms with E-state index < -0.39 is 12.9 Å². The molecule has 4 N–H and O–H groups in total. The molecule has 0 aliphatic rings. The zero-order valence-electron chi connectivity index (χ0n) is 13.7. The van der Waals surface area contributed by atoms with Gasteiger partial charge in [-0.15, -0.1) is 10.2 Å². The Hall–Kier alpha value is -2.01. The van der Waals surface area contributed by atoms with Crippen LogP contribution in [-0.4, -0.2) is 39.5 Å². The van der Waals surface area contributed by atoms with Gasteiger partial charge >= 0.3 is 7.12 Å². The monoisotopic (exact) mass is 442 g/mol. The minimum atomic E-state index is -1.94. The van der Waals surface area contributed by atoms with E-state index in [0.29, 0.717) is 0 Å². The average molecular weight is 443 g/mol. The topological polar surface area (TPSA) is 114 Å². The number of rotatable bonds is 2. The molecule has 3 aromatic rings. The molecule has 0 aliphatic carbocycles. The standard InChI is InChI=1S/C8H7BrN4.C7H7BClFO3/c1-4-2-5(9)3-6-7(4)11-8(10)13-12-6;1-13-5-3-2-4(9)6(7(5)10)8(11)12/h2-3H,1H3,(H2,10,11,13);2-3,11-12H,1H3. The Bertz CT molecular complexity index is 948. The summed E-state index contributed by atoms with van der Waals surface area (Å²) in [6, 6.07) is 6.47. The summed E-state index contributed by atoms with van der Waals surface area (Å²) in [5, 5.41) is 25.1. The van der Waals surface area contributed by atoms with Crippen LogP contribution >= 0.6 is 27.5 Å². The molecule has 0 saturated carbocycles. The molecule has 0 fully saturated rings. The Balaban J connectivity index is 0.000000187. The fraction of sp³-hybridized carbons (Fsp3) is 0.133. The van der Waals surface area contributed by atoms with Gasteiger partial charge in [0.2, 0.25) is 5.95 Å². The molecule has 0 amide bonds. The SMILES string of the molecule is COc1ccc(Cl)c(B(O)O)c1F.Cc1cc(Br)cc2nnc(N)nc12. The molecule has 11 heteroatoms. The smallest absolute Gasteiger partial charge is 0.493 e. The minimum absolute atomic E-state index is 0.0479. The zero-order valence-corrected chi connectivity index (χ0v) is 16.1. The van der Waals surface area contributed by atoms with Crippen LogP contribution in [0.1, 0.15) is 5.56 Å². The maximum absolute atomic E-state index is 13.3. The second-order valence-electron chi connectivity index (χ2n) is 5.11. The molecular weight excluding hydrogens is 429 g/mol. The predicted molar refractivity (Wildman–Crippen MR) is 102 cm³/mol. The molecule has 136 valence electrons. The first kappa shape index (κ1) is 20.3. The van der Waals surface area contributed by atoms with Gasteiger partial charge in [0, 0.05) is 15.0 Å². The third-order valence-corrected chi connectivity index (χ3v) is 4.09. The maximum Gasteiger partial charge on any atom is 0.493 e. The van der Waals surface area contributed by atoms with Crippen molar-refractivity contribution in [3.63, 3.8) is 0 Å². The van der Waals surface area contributed by atoms with Crippen molar-refractivity contribution in [2.75, 3.05) is 12.8 Å². The Morgan fingerprint density at radius 2 is 1.96 bits per heavy atom. The number of fused-ring (bicyclic) bond motifs is 1. The number of nitrogens with two attached hydrogens (primary N) is 1. The van der Waals surface area contributed by atoms with Gasteiger partial charge in [-0.2, -0.15) is 0 Å². The molecule has 0 unspecified atom stereocenters. The van der Waals surface area contributed by atoms with Crippen molar-refractivity contribution in [1.82, 2.24) is 15.2 Å². The van der Waals surface area contributed by atoms with Crippen molar-refractivity contribution < 1.29 is 19.2 Å². The summed E-state index contributed by atoms with van der Waals surface area (Å²) in [7, 11) is -0.664. The van der Waals surface area contributed by atoms with Crippen LogP contribution in [0.4, 0.5) is 10.3 Å². The predicted octanol–water partition coefficient (Wildman–Crippen LogP) is 1.85. The minimum Gasteiger partial charge on any atom is -0.494 e. The lowest BCUT2D eigenvalue weighted by Gasteiger charge is -2.07. The van der Waals surface area contributed by atoms with Crippen molar-refractivity contribution in [1.29, 1.82) is 0 Å². The lowest BCUT2D eigenvalue weighted by Crippen LogP contribution is -2.34. The van der Waals surface area contributed by atoms with Crippen molar-refractivity contribution in [3.8, 4) is 5.75 Å². The Kier molecular flexibility index (Phi) is 6.71. The second kappa shape index (κ2) is 8.59. The van der Waals surface area contributed by atoms with Gasteiger partial charge in [0.25, 0.3) is 0 Å². The third-order valence-electron chi connectivity index (χ3n) is 3.30. The number of methoxy groups -OCH3 is 1. The normalized spacial score (nSPS) is 10.3. The van der Waals surface area contributed by atoms with E-state index in [0.717, 1.165) is 21.1 Å². The van der Waals surface area contributed by atoms with Gasteiger partial charge in [-0.3, -0.25) is 0 Å². The number of nitrogen functional groups attached to an aromatic ring is 1. The van der Waals surface area contributed by atoms with Crippen molar-refractivity contribution in [2.24, 2.45) is 0 Å². The number of benzene rings is 2. The molecule has 26 heavy (non-hydrogen) atoms. The van der Waals surface area contributed by atoms with Gasteiger partial charge in [-0.1, -0.05) is 27.5 Å². The van der Waals surface area contributed by atoms with Crippen LogP contribution in [0, 0.1) is 12.7 Å². The lowest BCUT2D eigenvalue weighted by molar-refractivity contribution is 0.384. The van der Waals surface area contributed by atoms with Crippen molar-refractivity contribution in [2.45, 2.75) is 6.92 Å². The molecule has 0 radical (unpaired) electrons. The number of ether oxygens (including phenoxy) is 1. The highest BCUT2D eigenvalue weighted by molar-refractivity contribution is 9.10. The molecule has 1 heterocycles. The number of aromatic nitrogens is 3. The van der Waals surface area contributed by atoms with E-state index in [-0.39, 0.29) is 22.2 Å². The largest absolute Gasteiger partial charge is 0.494 e. The Labute approximate surface area is 162 Å². The van der Waals surface area contributed by atoms with Gasteiger partial charge < -0.3 is 20.5 Å². The highest BCUT2D eigenvalue weighted by Crippen LogP contribution is 2.20. The van der Waals surface area contributed by atoms with Crippen molar-refractivity contribution in [3.05, 3.63) is 45.1 Å². The van der Waals surface area contributed by atoms with Crippen LogP contribution in [0.25, 0.3) is 11.0 Å². The molecule has 3 rings (SSSR count). The first-order valence-corrected chi connectivity index (χ1v) is 8.35. The molecular formula is C15H14BBrClFN4O3. The summed E-state index contributed by atoms with van der Waals surface area (Å²) in [5.74, 6) is -0.726. The van der Waals surface area contributed by atoms with Gasteiger partial charge in [-0.05, 0) is 36.8 Å². The van der Waals surface area contributed by atoms with Crippen LogP contribution in [0.2, 0.25) is 5.02 Å². The molecule has 0 spiro atoms. The molecule has 0 aliphatic heterocycles. The highest BCUT2D eigenvalue weighted by atomic mass is 79.9. The van der Waals surface area contributed by atoms with Gasteiger partial charge in [0.1, 0.15) is 5.52 Å². The quantitative estimate of drug-likeness (QED) is 0.518. The molecule has 1 aromatic heterocycles. The summed E-state index contributed by atoms with van der Waals surface area (Å²) in [6.45, 7) is 1.96. The Morgan fingerprint density at radius 3 is 2.58 bits per heavy atom. The first-order chi connectivity index (χ1) is 12.2. The molecule has 7 nitrogen and oxygen atoms in total. The first-order valence-electron chi connectivity index (χ1n) is 7.18. The molecule has 0 saturated heterocycles. The van der Waals surface area contributed by atoms with E-state index in [4.69, 9.17) is 27.4 Å². The number of aryl methyl sites for hydroxylation is 1. The molecule has 2 aromatic carbocycles. The summed E-state index contributed by atoms with van der Waals surface area (Å²) in [4.78, 5) is 4.10. The molecule has 0 atom stereocenters. The van der Waals surface area contributed by atoms with Crippen LogP contribution in [0.3, 0.4) is 0 Å². The van der Waals surface area contributed by atoms with E-state index in [1.54, 1.807) is 0 Å². The number of halogens is 3. The van der Waals surface area contributed by atoms with E-state index in [9.17, 15) is 4.39 Å². The Morgan fingerprint density at radius 1 is 1.27 bits per heavy atom. The van der Waals surface area contributed by atoms with E-state index in [1.807, 2.05) is 19.1 Å². The number of anilines is 1. The summed E-state index contributed by atoms with van der Waals surface area (Å²) < 4.78 is 18.9. The van der Waals surface area contributed by atoms with Crippen molar-refractivity contribution >= 4 is 57.1 Å². The summed E-state index contributed by atoms with van der Waals surface area (Å²) in [5.41, 5.74) is 7.65. The van der Waals surface area contributed by atoms with E-state index in [1.165, 1.54) is 19.2 Å². The van der Waals surface area contributed by atoms with Gasteiger partial charge in [0.15, 0.2) is 11.6 Å². The summed E-state index contributed by atoms with van der Waals surface area (Å²) in [6.07, 6.45) is 0. The van der Waals surface area contributed by atoms with Gasteiger partial charge in [-0.25, -0.2) is 9.37 Å². The number of hydrogen-bond acceptors (Lipinski definition) is 7. The third kappa shape index (κ3) is 4.58. The summed E-state index contributed by atoms with van der Waals surface area (Å²) >= 11 is 8.91. The fourth-order valence-corrected chi connectivity index (χ4v) is 2.93. The zero-order chi connectivity index (χ0) is 19.4. The second-order valence-corrected chi connectivity index (χ2v) is 6.43. The lowest BCUT2D eigenvalue weighted by atomic mass is 9.79. The van der Waals surface area contributed by atoms with E-state index in [2.05, 4.69) is 35.8 Å². The van der Waals surface area contributed by atoms with Crippen LogP contribution in [0.15, 0.2) is 28.7 Å². The van der Waals surface area contributed by atoms with Gasteiger partial charge in [0.05, 0.1) is 12.6 Å².